The smallest absolute Gasteiger partial charge is 0.431 e. The summed E-state index contributed by atoms with van der Waals surface area (Å²) in [6.07, 6.45) is 5.72. The van der Waals surface area contributed by atoms with Crippen molar-refractivity contribution in [3.05, 3.63) is 22.1 Å². The van der Waals surface area contributed by atoms with Crippen LogP contribution in [0.2, 0.25) is 0 Å². The fourth-order valence-corrected chi connectivity index (χ4v) is 2.69. The molecule has 0 radical (unpaired) electrons. The number of aryl methyl sites for hydroxylation is 1. The van der Waals surface area contributed by atoms with Gasteiger partial charge in [-0.3, -0.25) is 0 Å². The van der Waals surface area contributed by atoms with Gasteiger partial charge in [0.15, 0.2) is 0 Å². The van der Waals surface area contributed by atoms with Gasteiger partial charge in [0.25, 0.3) is 0 Å². The lowest BCUT2D eigenvalue weighted by Gasteiger charge is -2.28. The summed E-state index contributed by atoms with van der Waals surface area (Å²) in [5.74, 6) is 0.647. The van der Waals surface area contributed by atoms with Gasteiger partial charge in [-0.25, -0.2) is 9.59 Å². The molecule has 1 aromatic rings. The number of rotatable bonds is 3. The second-order valence-corrected chi connectivity index (χ2v) is 9.92. The first-order chi connectivity index (χ1) is 12.8. The Morgan fingerprint density at radius 1 is 1.07 bits per heavy atom. The van der Waals surface area contributed by atoms with Gasteiger partial charge in [-0.15, -0.1) is 0 Å². The third-order valence-corrected chi connectivity index (χ3v) is 4.83. The summed E-state index contributed by atoms with van der Waals surface area (Å²) >= 11 is 0. The molecule has 0 aliphatic heterocycles. The van der Waals surface area contributed by atoms with E-state index in [2.05, 4.69) is 20.8 Å². The minimum absolute atomic E-state index is 0.0361. The highest BCUT2D eigenvalue weighted by atomic mass is 16.7. The van der Waals surface area contributed by atoms with Crippen LogP contribution in [0.15, 0.2) is 13.6 Å². The van der Waals surface area contributed by atoms with Crippen molar-refractivity contribution in [2.24, 2.45) is 10.8 Å². The molecule has 0 saturated heterocycles. The van der Waals surface area contributed by atoms with E-state index in [1.165, 1.54) is 6.42 Å². The van der Waals surface area contributed by atoms with Gasteiger partial charge in [0, 0.05) is 6.42 Å². The number of carbonyl (C=O) groups is 1. The average molecular weight is 399 g/mol. The van der Waals surface area contributed by atoms with Crippen molar-refractivity contribution in [3.63, 3.8) is 0 Å². The Hall–Kier alpha value is -1.72. The SMILES string of the molecule is CC(OC(=O)OC1CCCCC1)C(C)(C)C.Cc1oc(=O)oc1CC(C)(C)C. The van der Waals surface area contributed by atoms with E-state index >= 15 is 0 Å². The molecule has 1 unspecified atom stereocenters. The summed E-state index contributed by atoms with van der Waals surface area (Å²) in [6.45, 7) is 16.0. The van der Waals surface area contributed by atoms with Crippen molar-refractivity contribution in [1.82, 2.24) is 0 Å². The van der Waals surface area contributed by atoms with Crippen LogP contribution in [0.5, 0.6) is 0 Å². The second-order valence-electron chi connectivity index (χ2n) is 9.92. The molecule has 1 fully saturated rings. The Kier molecular flexibility index (Phi) is 8.83. The van der Waals surface area contributed by atoms with Crippen LogP contribution in [-0.2, 0) is 15.9 Å². The molecule has 162 valence electrons. The van der Waals surface area contributed by atoms with Crippen molar-refractivity contribution in [1.29, 1.82) is 0 Å². The molecule has 0 bridgehead atoms. The van der Waals surface area contributed by atoms with Gasteiger partial charge in [0.2, 0.25) is 0 Å². The summed E-state index contributed by atoms with van der Waals surface area (Å²) in [7, 11) is 0. The van der Waals surface area contributed by atoms with Crippen molar-refractivity contribution in [2.45, 2.75) is 106 Å². The van der Waals surface area contributed by atoms with Crippen molar-refractivity contribution >= 4 is 6.16 Å². The normalized spacial score (nSPS) is 16.7. The number of hydrogen-bond acceptors (Lipinski definition) is 6. The molecular formula is C22H38O6. The van der Waals surface area contributed by atoms with Crippen molar-refractivity contribution in [3.8, 4) is 0 Å². The molecule has 6 nitrogen and oxygen atoms in total. The highest BCUT2D eigenvalue weighted by molar-refractivity contribution is 5.60. The van der Waals surface area contributed by atoms with Crippen LogP contribution in [0.3, 0.4) is 0 Å². The zero-order valence-corrected chi connectivity index (χ0v) is 18.8. The Bertz CT molecular complexity index is 650. The molecule has 0 N–H and O–H groups in total. The number of hydrogen-bond donors (Lipinski definition) is 0. The minimum Gasteiger partial charge on any atom is -0.431 e. The van der Waals surface area contributed by atoms with Gasteiger partial charge in [-0.1, -0.05) is 48.0 Å². The maximum absolute atomic E-state index is 11.5. The summed E-state index contributed by atoms with van der Waals surface area (Å²) in [5, 5.41) is 0. The largest absolute Gasteiger partial charge is 0.519 e. The quantitative estimate of drug-likeness (QED) is 0.578. The average Bonchev–Trinajstić information content (AvgIpc) is 2.83. The van der Waals surface area contributed by atoms with E-state index in [4.69, 9.17) is 18.3 Å². The molecule has 0 spiro atoms. The van der Waals surface area contributed by atoms with E-state index in [-0.39, 0.29) is 23.0 Å². The molecule has 1 aliphatic rings. The predicted molar refractivity (Wildman–Crippen MR) is 108 cm³/mol. The standard InChI is InChI=1S/C13H24O3.C9H14O3/c1-10(13(2,3)4)15-12(14)16-11-8-6-5-7-9-11;1-6-7(5-9(2,3)4)12-8(10)11-6/h10-11H,5-9H2,1-4H3;5H2,1-4H3. The van der Waals surface area contributed by atoms with Gasteiger partial charge in [-0.05, 0) is 50.4 Å². The first-order valence-electron chi connectivity index (χ1n) is 10.2. The van der Waals surface area contributed by atoms with E-state index in [0.29, 0.717) is 11.5 Å². The molecule has 1 saturated carbocycles. The third-order valence-electron chi connectivity index (χ3n) is 4.83. The highest BCUT2D eigenvalue weighted by Gasteiger charge is 2.26. The van der Waals surface area contributed by atoms with Crippen LogP contribution in [0.4, 0.5) is 4.79 Å². The first kappa shape index (κ1) is 24.3. The lowest BCUT2D eigenvalue weighted by atomic mass is 9.90. The molecule has 2 rings (SSSR count). The molecule has 0 aromatic carbocycles. The third kappa shape index (κ3) is 9.47. The van der Waals surface area contributed by atoms with Gasteiger partial charge >= 0.3 is 12.0 Å². The molecule has 0 amide bonds. The zero-order chi connectivity index (χ0) is 21.5. The molecule has 1 heterocycles. The van der Waals surface area contributed by atoms with E-state index < -0.39 is 12.0 Å². The molecule has 1 aliphatic carbocycles. The van der Waals surface area contributed by atoms with Crippen LogP contribution in [-0.4, -0.2) is 18.4 Å². The van der Waals surface area contributed by atoms with Gasteiger partial charge in [-0.2, -0.15) is 0 Å². The Labute approximate surface area is 169 Å². The summed E-state index contributed by atoms with van der Waals surface area (Å²) in [6, 6.07) is 0. The van der Waals surface area contributed by atoms with Gasteiger partial charge in [0.1, 0.15) is 23.7 Å². The minimum atomic E-state index is -0.605. The fourth-order valence-electron chi connectivity index (χ4n) is 2.69. The molecule has 1 atom stereocenters. The van der Waals surface area contributed by atoms with E-state index in [9.17, 15) is 9.59 Å². The summed E-state index contributed by atoms with van der Waals surface area (Å²) in [5.41, 5.74) is 0.0795. The number of carbonyl (C=O) groups excluding carboxylic acids is 1. The maximum atomic E-state index is 11.5. The summed E-state index contributed by atoms with van der Waals surface area (Å²) in [4.78, 5) is 22.2. The Balaban J connectivity index is 0.000000292. The molecule has 28 heavy (non-hydrogen) atoms. The maximum Gasteiger partial charge on any atom is 0.519 e. The van der Waals surface area contributed by atoms with Gasteiger partial charge < -0.3 is 18.3 Å². The Morgan fingerprint density at radius 3 is 2.07 bits per heavy atom. The number of ether oxygens (including phenoxy) is 2. The van der Waals surface area contributed by atoms with E-state index in [0.717, 1.165) is 32.1 Å². The molecule has 1 aromatic heterocycles. The monoisotopic (exact) mass is 398 g/mol. The second kappa shape index (κ2) is 10.2. The fraction of sp³-hybridized carbons (Fsp3) is 0.818. The van der Waals surface area contributed by atoms with Crippen molar-refractivity contribution < 1.29 is 23.1 Å². The molecular weight excluding hydrogens is 360 g/mol. The van der Waals surface area contributed by atoms with E-state index in [1.807, 2.05) is 27.7 Å². The molecule has 6 heteroatoms. The topological polar surface area (TPSA) is 78.9 Å². The van der Waals surface area contributed by atoms with Crippen molar-refractivity contribution in [2.75, 3.05) is 0 Å². The lowest BCUT2D eigenvalue weighted by molar-refractivity contribution is -0.0330. The van der Waals surface area contributed by atoms with Crippen LogP contribution < -0.4 is 5.82 Å². The van der Waals surface area contributed by atoms with Crippen LogP contribution in [0.25, 0.3) is 0 Å². The first-order valence-corrected chi connectivity index (χ1v) is 10.2. The van der Waals surface area contributed by atoms with Gasteiger partial charge in [0.05, 0.1) is 0 Å². The predicted octanol–water partition coefficient (Wildman–Crippen LogP) is 6.04. The van der Waals surface area contributed by atoms with Crippen LogP contribution in [0.1, 0.15) is 92.1 Å². The van der Waals surface area contributed by atoms with Crippen LogP contribution in [0, 0.1) is 17.8 Å². The van der Waals surface area contributed by atoms with E-state index in [1.54, 1.807) is 6.92 Å². The Morgan fingerprint density at radius 2 is 1.64 bits per heavy atom. The van der Waals surface area contributed by atoms with Crippen LogP contribution >= 0.6 is 0 Å². The summed E-state index contributed by atoms with van der Waals surface area (Å²) < 4.78 is 20.2. The zero-order valence-electron chi connectivity index (χ0n) is 18.8. The highest BCUT2D eigenvalue weighted by Crippen LogP contribution is 2.24. The lowest BCUT2D eigenvalue weighted by Crippen LogP contribution is -2.31.